The van der Waals surface area contributed by atoms with Crippen LogP contribution in [0.2, 0.25) is 0 Å². The van der Waals surface area contributed by atoms with E-state index in [0.29, 0.717) is 5.56 Å². The molecular weight excluding hydrogens is 252 g/mol. The van der Waals surface area contributed by atoms with Crippen molar-refractivity contribution in [3.05, 3.63) is 35.4 Å². The Labute approximate surface area is 108 Å². The Bertz CT molecular complexity index is 495. The Morgan fingerprint density at radius 1 is 1.17 bits per heavy atom. The largest absolute Gasteiger partial charge is 0.351 e. The topological polar surface area (TPSA) is 75.3 Å². The lowest BCUT2D eigenvalue weighted by Gasteiger charge is -2.06. The normalized spacial score (nSPS) is 11.2. The molecule has 0 aromatic heterocycles. The van der Waals surface area contributed by atoms with Gasteiger partial charge in [-0.3, -0.25) is 4.79 Å². The summed E-state index contributed by atoms with van der Waals surface area (Å²) >= 11 is 0. The minimum Gasteiger partial charge on any atom is -0.351 e. The highest BCUT2D eigenvalue weighted by molar-refractivity contribution is 7.89. The van der Waals surface area contributed by atoms with Gasteiger partial charge in [-0.15, -0.1) is 0 Å². The van der Waals surface area contributed by atoms with E-state index in [4.69, 9.17) is 0 Å². The van der Waals surface area contributed by atoms with E-state index in [9.17, 15) is 13.2 Å². The molecule has 6 heteroatoms. The first kappa shape index (κ1) is 14.7. The van der Waals surface area contributed by atoms with Crippen molar-refractivity contribution in [2.75, 3.05) is 18.8 Å². The van der Waals surface area contributed by atoms with Gasteiger partial charge in [0.25, 0.3) is 5.91 Å². The van der Waals surface area contributed by atoms with Crippen LogP contribution in [0.25, 0.3) is 0 Å². The van der Waals surface area contributed by atoms with Gasteiger partial charge < -0.3 is 5.32 Å². The third-order valence-corrected chi connectivity index (χ3v) is 3.83. The molecular formula is C12H18N2O3S. The number of benzene rings is 1. The van der Waals surface area contributed by atoms with E-state index in [2.05, 4.69) is 10.0 Å². The first-order valence-corrected chi connectivity index (χ1v) is 7.42. The van der Waals surface area contributed by atoms with Crippen LogP contribution in [0.15, 0.2) is 24.3 Å². The maximum atomic E-state index is 11.7. The Morgan fingerprint density at radius 2 is 1.78 bits per heavy atom. The number of hydrogen-bond donors (Lipinski definition) is 2. The molecule has 18 heavy (non-hydrogen) atoms. The summed E-state index contributed by atoms with van der Waals surface area (Å²) in [5, 5.41) is 2.65. The lowest BCUT2D eigenvalue weighted by atomic mass is 10.1. The zero-order chi connectivity index (χ0) is 13.6. The Balaban J connectivity index is 2.36. The van der Waals surface area contributed by atoms with Crippen molar-refractivity contribution >= 4 is 15.9 Å². The van der Waals surface area contributed by atoms with Gasteiger partial charge in [0.15, 0.2) is 0 Å². The lowest BCUT2D eigenvalue weighted by molar-refractivity contribution is 0.0954. The van der Waals surface area contributed by atoms with Crippen molar-refractivity contribution in [2.45, 2.75) is 13.8 Å². The van der Waals surface area contributed by atoms with E-state index in [1.54, 1.807) is 19.1 Å². The molecule has 100 valence electrons. The van der Waals surface area contributed by atoms with E-state index in [1.807, 2.05) is 19.1 Å². The van der Waals surface area contributed by atoms with Crippen LogP contribution >= 0.6 is 0 Å². The smallest absolute Gasteiger partial charge is 0.251 e. The third-order valence-electron chi connectivity index (χ3n) is 2.43. The molecule has 0 radical (unpaired) electrons. The first-order valence-electron chi connectivity index (χ1n) is 5.77. The second-order valence-electron chi connectivity index (χ2n) is 3.92. The fraction of sp³-hybridized carbons (Fsp3) is 0.417. The number of carbonyl (C=O) groups excluding carboxylic acids is 1. The van der Waals surface area contributed by atoms with Crippen molar-refractivity contribution in [3.63, 3.8) is 0 Å². The number of carbonyl (C=O) groups is 1. The predicted molar refractivity (Wildman–Crippen MR) is 71.0 cm³/mol. The van der Waals surface area contributed by atoms with E-state index in [0.717, 1.165) is 5.56 Å². The van der Waals surface area contributed by atoms with Crippen molar-refractivity contribution in [3.8, 4) is 0 Å². The van der Waals surface area contributed by atoms with Gasteiger partial charge in [0.2, 0.25) is 10.0 Å². The molecule has 0 spiro atoms. The summed E-state index contributed by atoms with van der Waals surface area (Å²) in [7, 11) is -3.19. The second-order valence-corrected chi connectivity index (χ2v) is 6.02. The van der Waals surface area contributed by atoms with Gasteiger partial charge in [0.05, 0.1) is 5.75 Å². The number of nitrogens with one attached hydrogen (secondary N) is 2. The van der Waals surface area contributed by atoms with E-state index < -0.39 is 10.0 Å². The molecule has 0 unspecified atom stereocenters. The van der Waals surface area contributed by atoms with E-state index in [-0.39, 0.29) is 24.7 Å². The number of hydrogen-bond acceptors (Lipinski definition) is 3. The standard InChI is InChI=1S/C12H18N2O3S/c1-3-18(16,17)14-9-8-13-12(15)11-6-4-10(2)5-7-11/h4-7,14H,3,8-9H2,1-2H3,(H,13,15). The predicted octanol–water partition coefficient (Wildman–Crippen LogP) is 0.664. The highest BCUT2D eigenvalue weighted by Crippen LogP contribution is 2.02. The molecule has 0 aliphatic rings. The number of amides is 1. The molecule has 1 amide bonds. The molecule has 0 saturated carbocycles. The summed E-state index contributed by atoms with van der Waals surface area (Å²) < 4.78 is 24.6. The van der Waals surface area contributed by atoms with Crippen LogP contribution in [-0.4, -0.2) is 33.2 Å². The second kappa shape index (κ2) is 6.51. The molecule has 1 rings (SSSR count). The van der Waals surface area contributed by atoms with Gasteiger partial charge in [-0.25, -0.2) is 13.1 Å². The lowest BCUT2D eigenvalue weighted by Crippen LogP contribution is -2.35. The zero-order valence-electron chi connectivity index (χ0n) is 10.6. The molecule has 1 aromatic carbocycles. The van der Waals surface area contributed by atoms with Gasteiger partial charge in [0.1, 0.15) is 0 Å². The summed E-state index contributed by atoms with van der Waals surface area (Å²) in [5.41, 5.74) is 1.65. The maximum Gasteiger partial charge on any atom is 0.251 e. The van der Waals surface area contributed by atoms with Crippen LogP contribution in [0, 0.1) is 6.92 Å². The van der Waals surface area contributed by atoms with Gasteiger partial charge in [-0.2, -0.15) is 0 Å². The molecule has 0 aliphatic carbocycles. The average Bonchev–Trinajstić information content (AvgIpc) is 2.35. The van der Waals surface area contributed by atoms with Gasteiger partial charge in [0, 0.05) is 18.7 Å². The van der Waals surface area contributed by atoms with Crippen molar-refractivity contribution in [1.82, 2.24) is 10.0 Å². The quantitative estimate of drug-likeness (QED) is 0.746. The van der Waals surface area contributed by atoms with Crippen LogP contribution in [0.1, 0.15) is 22.8 Å². The Morgan fingerprint density at radius 3 is 2.33 bits per heavy atom. The van der Waals surface area contributed by atoms with Crippen LogP contribution in [0.4, 0.5) is 0 Å². The minimum atomic E-state index is -3.19. The number of aryl methyl sites for hydroxylation is 1. The third kappa shape index (κ3) is 4.85. The molecule has 0 bridgehead atoms. The number of rotatable bonds is 6. The van der Waals surface area contributed by atoms with Crippen molar-refractivity contribution in [2.24, 2.45) is 0 Å². The summed E-state index contributed by atoms with van der Waals surface area (Å²) in [6.45, 7) is 3.98. The molecule has 0 saturated heterocycles. The fourth-order valence-electron chi connectivity index (χ4n) is 1.29. The molecule has 1 aromatic rings. The average molecular weight is 270 g/mol. The molecule has 5 nitrogen and oxygen atoms in total. The van der Waals surface area contributed by atoms with Crippen LogP contribution in [-0.2, 0) is 10.0 Å². The molecule has 0 heterocycles. The first-order chi connectivity index (χ1) is 8.44. The van der Waals surface area contributed by atoms with Gasteiger partial charge >= 0.3 is 0 Å². The van der Waals surface area contributed by atoms with Gasteiger partial charge in [-0.05, 0) is 26.0 Å². The zero-order valence-corrected chi connectivity index (χ0v) is 11.4. The molecule has 2 N–H and O–H groups in total. The summed E-state index contributed by atoms with van der Waals surface area (Å²) in [4.78, 5) is 11.7. The molecule has 0 aliphatic heterocycles. The molecule has 0 fully saturated rings. The summed E-state index contributed by atoms with van der Waals surface area (Å²) in [6, 6.07) is 7.19. The summed E-state index contributed by atoms with van der Waals surface area (Å²) in [6.07, 6.45) is 0. The molecule has 0 atom stereocenters. The van der Waals surface area contributed by atoms with E-state index in [1.165, 1.54) is 0 Å². The van der Waals surface area contributed by atoms with E-state index >= 15 is 0 Å². The minimum absolute atomic E-state index is 0.0406. The highest BCUT2D eigenvalue weighted by Gasteiger charge is 2.06. The SMILES string of the molecule is CCS(=O)(=O)NCCNC(=O)c1ccc(C)cc1. The Kier molecular flexibility index (Phi) is 5.30. The Hall–Kier alpha value is -1.40. The monoisotopic (exact) mass is 270 g/mol. The van der Waals surface area contributed by atoms with Crippen molar-refractivity contribution in [1.29, 1.82) is 0 Å². The van der Waals surface area contributed by atoms with Gasteiger partial charge in [-0.1, -0.05) is 17.7 Å². The highest BCUT2D eigenvalue weighted by atomic mass is 32.2. The summed E-state index contributed by atoms with van der Waals surface area (Å²) in [5.74, 6) is -0.162. The van der Waals surface area contributed by atoms with Crippen molar-refractivity contribution < 1.29 is 13.2 Å². The maximum absolute atomic E-state index is 11.7. The number of sulfonamides is 1. The van der Waals surface area contributed by atoms with Crippen LogP contribution in [0.5, 0.6) is 0 Å². The van der Waals surface area contributed by atoms with Crippen LogP contribution in [0.3, 0.4) is 0 Å². The van der Waals surface area contributed by atoms with Crippen LogP contribution < -0.4 is 10.0 Å². The fourth-order valence-corrected chi connectivity index (χ4v) is 1.91.